The van der Waals surface area contributed by atoms with Gasteiger partial charge in [-0.3, -0.25) is 0 Å². The number of hydrogen-bond acceptors (Lipinski definition) is 2. The van der Waals surface area contributed by atoms with Crippen molar-refractivity contribution in [3.8, 4) is 0 Å². The fraction of sp³-hybridized carbons (Fsp3) is 0.682. The third kappa shape index (κ3) is 9.83. The van der Waals surface area contributed by atoms with Crippen LogP contribution in [0.4, 0.5) is 13.2 Å². The monoisotopic (exact) mass is 386 g/mol. The molecule has 5 heteroatoms. The van der Waals surface area contributed by atoms with Gasteiger partial charge in [0.1, 0.15) is 0 Å². The molecule has 0 saturated heterocycles. The first-order valence-corrected chi connectivity index (χ1v) is 10.2. The van der Waals surface area contributed by atoms with Gasteiger partial charge >= 0.3 is 12.1 Å². The molecule has 1 aromatic rings. The zero-order chi connectivity index (χ0) is 20.1. The van der Waals surface area contributed by atoms with E-state index in [1.807, 2.05) is 0 Å². The summed E-state index contributed by atoms with van der Waals surface area (Å²) in [6.45, 7) is 3.95. The average molecular weight is 386 g/mol. The van der Waals surface area contributed by atoms with E-state index in [4.69, 9.17) is 4.74 Å². The van der Waals surface area contributed by atoms with Gasteiger partial charge in [-0.2, -0.15) is 13.2 Å². The van der Waals surface area contributed by atoms with E-state index in [1.165, 1.54) is 63.1 Å². The number of esters is 1. The second-order valence-electron chi connectivity index (χ2n) is 7.23. The van der Waals surface area contributed by atoms with E-state index >= 15 is 0 Å². The lowest BCUT2D eigenvalue weighted by Gasteiger charge is -2.16. The lowest BCUT2D eigenvalue weighted by Crippen LogP contribution is -2.19. The van der Waals surface area contributed by atoms with Crippen LogP contribution in [-0.2, 0) is 10.9 Å². The fourth-order valence-electron chi connectivity index (χ4n) is 3.13. The summed E-state index contributed by atoms with van der Waals surface area (Å²) >= 11 is 0. The molecule has 0 radical (unpaired) electrons. The van der Waals surface area contributed by atoms with Gasteiger partial charge in [0.25, 0.3) is 0 Å². The number of benzene rings is 1. The smallest absolute Gasteiger partial charge is 0.417 e. The Morgan fingerprint density at radius 3 is 2.00 bits per heavy atom. The van der Waals surface area contributed by atoms with Crippen molar-refractivity contribution >= 4 is 5.97 Å². The summed E-state index contributed by atoms with van der Waals surface area (Å²) in [5.41, 5.74) is -1.36. The van der Waals surface area contributed by atoms with E-state index in [0.717, 1.165) is 25.3 Å². The maximum atomic E-state index is 13.0. The molecule has 0 N–H and O–H groups in total. The van der Waals surface area contributed by atoms with Crippen LogP contribution in [0.1, 0.15) is 100 Å². The molecule has 0 aliphatic heterocycles. The van der Waals surface area contributed by atoms with E-state index in [0.29, 0.717) is 6.42 Å². The van der Waals surface area contributed by atoms with Gasteiger partial charge in [0.2, 0.25) is 0 Å². The number of carbonyl (C=O) groups is 1. The molecule has 0 spiro atoms. The van der Waals surface area contributed by atoms with Crippen molar-refractivity contribution < 1.29 is 22.7 Å². The van der Waals surface area contributed by atoms with Crippen molar-refractivity contribution in [3.63, 3.8) is 0 Å². The van der Waals surface area contributed by atoms with Crippen molar-refractivity contribution in [3.05, 3.63) is 35.4 Å². The maximum absolute atomic E-state index is 13.0. The highest BCUT2D eigenvalue weighted by molar-refractivity contribution is 5.91. The first-order chi connectivity index (χ1) is 12.9. The highest BCUT2D eigenvalue weighted by atomic mass is 19.4. The van der Waals surface area contributed by atoms with Crippen molar-refractivity contribution in [2.45, 2.75) is 96.8 Å². The average Bonchev–Trinajstić information content (AvgIpc) is 2.62. The van der Waals surface area contributed by atoms with Crippen LogP contribution in [0.25, 0.3) is 0 Å². The van der Waals surface area contributed by atoms with Crippen molar-refractivity contribution in [1.29, 1.82) is 0 Å². The number of alkyl halides is 3. The van der Waals surface area contributed by atoms with Crippen LogP contribution in [0.3, 0.4) is 0 Å². The Bertz CT molecular complexity index is 541. The van der Waals surface area contributed by atoms with Crippen LogP contribution < -0.4 is 0 Å². The van der Waals surface area contributed by atoms with E-state index in [9.17, 15) is 18.0 Å². The second kappa shape index (κ2) is 12.8. The van der Waals surface area contributed by atoms with Gasteiger partial charge in [0, 0.05) is 0 Å². The van der Waals surface area contributed by atoms with Crippen LogP contribution in [0.2, 0.25) is 0 Å². The summed E-state index contributed by atoms with van der Waals surface area (Å²) in [6.07, 6.45) is 7.91. The van der Waals surface area contributed by atoms with E-state index < -0.39 is 23.3 Å². The number of rotatable bonds is 13. The number of unbranched alkanes of at least 4 members (excludes halogenated alkanes) is 9. The molecule has 0 fully saturated rings. The Morgan fingerprint density at radius 1 is 0.926 bits per heavy atom. The summed E-state index contributed by atoms with van der Waals surface area (Å²) in [5.74, 6) is -0.900. The van der Waals surface area contributed by atoms with Gasteiger partial charge in [0.05, 0.1) is 17.2 Å². The van der Waals surface area contributed by atoms with E-state index in [1.54, 1.807) is 6.92 Å². The normalized spacial score (nSPS) is 12.8. The molecule has 1 aromatic carbocycles. The molecular weight excluding hydrogens is 353 g/mol. The first kappa shape index (κ1) is 23.5. The minimum atomic E-state index is -4.56. The number of halogens is 3. The summed E-state index contributed by atoms with van der Waals surface area (Å²) in [4.78, 5) is 12.1. The minimum absolute atomic E-state index is 0.382. The van der Waals surface area contributed by atoms with Crippen LogP contribution in [-0.4, -0.2) is 12.1 Å². The number of ether oxygens (including phenoxy) is 1. The Hall–Kier alpha value is -1.52. The molecule has 0 amide bonds. The molecule has 1 rings (SSSR count). The third-order valence-electron chi connectivity index (χ3n) is 4.72. The summed E-state index contributed by atoms with van der Waals surface area (Å²) in [6, 6.07) is 4.76. The number of carbonyl (C=O) groups excluding carboxylic acids is 1. The fourth-order valence-corrected chi connectivity index (χ4v) is 3.13. The lowest BCUT2D eigenvalue weighted by atomic mass is 10.0. The van der Waals surface area contributed by atoms with Crippen LogP contribution >= 0.6 is 0 Å². The molecule has 1 atom stereocenters. The van der Waals surface area contributed by atoms with Gasteiger partial charge < -0.3 is 4.74 Å². The van der Waals surface area contributed by atoms with E-state index in [2.05, 4.69) is 6.92 Å². The molecule has 0 aliphatic carbocycles. The topological polar surface area (TPSA) is 26.3 Å². The van der Waals surface area contributed by atoms with Crippen LogP contribution in [0.5, 0.6) is 0 Å². The third-order valence-corrected chi connectivity index (χ3v) is 4.72. The molecule has 1 unspecified atom stereocenters. The molecule has 2 nitrogen and oxygen atoms in total. The standard InChI is InChI=1S/C22H33F3O2/c1-3-4-5-6-7-8-9-10-11-12-15-18(2)27-21(26)19-16-13-14-17-20(19)22(23,24)25/h13-14,16-18H,3-12,15H2,1-2H3. The lowest BCUT2D eigenvalue weighted by molar-refractivity contribution is -0.138. The molecule has 0 heterocycles. The first-order valence-electron chi connectivity index (χ1n) is 10.2. The predicted molar refractivity (Wildman–Crippen MR) is 103 cm³/mol. The van der Waals surface area contributed by atoms with Gasteiger partial charge in [-0.05, 0) is 31.9 Å². The molecule has 0 bridgehead atoms. The van der Waals surface area contributed by atoms with Crippen LogP contribution in [0.15, 0.2) is 24.3 Å². The van der Waals surface area contributed by atoms with Crippen molar-refractivity contribution in [2.24, 2.45) is 0 Å². The molecule has 0 aromatic heterocycles. The Kier molecular flexibility index (Phi) is 11.1. The van der Waals surface area contributed by atoms with Gasteiger partial charge in [-0.1, -0.05) is 76.8 Å². The quantitative estimate of drug-likeness (QED) is 0.258. The van der Waals surface area contributed by atoms with Crippen molar-refractivity contribution in [1.82, 2.24) is 0 Å². The highest BCUT2D eigenvalue weighted by Gasteiger charge is 2.35. The van der Waals surface area contributed by atoms with Gasteiger partial charge in [0.15, 0.2) is 0 Å². The molecule has 0 saturated carbocycles. The summed E-state index contributed by atoms with van der Waals surface area (Å²) < 4.78 is 44.1. The van der Waals surface area contributed by atoms with Gasteiger partial charge in [-0.25, -0.2) is 4.79 Å². The maximum Gasteiger partial charge on any atom is 0.417 e. The SMILES string of the molecule is CCCCCCCCCCCCC(C)OC(=O)c1ccccc1C(F)(F)F. The predicted octanol–water partition coefficient (Wildman–Crippen LogP) is 7.56. The summed E-state index contributed by atoms with van der Waals surface area (Å²) in [7, 11) is 0. The largest absolute Gasteiger partial charge is 0.459 e. The second-order valence-corrected chi connectivity index (χ2v) is 7.23. The van der Waals surface area contributed by atoms with Gasteiger partial charge in [-0.15, -0.1) is 0 Å². The minimum Gasteiger partial charge on any atom is -0.459 e. The molecular formula is C22H33F3O2. The summed E-state index contributed by atoms with van der Waals surface area (Å²) in [5, 5.41) is 0. The van der Waals surface area contributed by atoms with Crippen molar-refractivity contribution in [2.75, 3.05) is 0 Å². The zero-order valence-corrected chi connectivity index (χ0v) is 16.6. The zero-order valence-electron chi connectivity index (χ0n) is 16.6. The highest BCUT2D eigenvalue weighted by Crippen LogP contribution is 2.32. The molecule has 0 aliphatic rings. The van der Waals surface area contributed by atoms with E-state index in [-0.39, 0.29) is 6.10 Å². The van der Waals surface area contributed by atoms with Crippen LogP contribution in [0, 0.1) is 0 Å². The Labute approximate surface area is 161 Å². The Morgan fingerprint density at radius 2 is 1.44 bits per heavy atom. The molecule has 154 valence electrons. The Balaban J connectivity index is 2.22. The number of hydrogen-bond donors (Lipinski definition) is 0. The molecule has 27 heavy (non-hydrogen) atoms.